The van der Waals surface area contributed by atoms with Crippen molar-refractivity contribution in [3.63, 3.8) is 0 Å². The lowest BCUT2D eigenvalue weighted by Crippen LogP contribution is -2.38. The third kappa shape index (κ3) is 3.46. The van der Waals surface area contributed by atoms with Crippen molar-refractivity contribution in [2.45, 2.75) is 19.8 Å². The molecular formula is C19H21N5O3. The summed E-state index contributed by atoms with van der Waals surface area (Å²) < 4.78 is 3.90. The Morgan fingerprint density at radius 3 is 2.41 bits per heavy atom. The highest BCUT2D eigenvalue weighted by molar-refractivity contribution is 6.02. The molecule has 0 saturated carbocycles. The van der Waals surface area contributed by atoms with Crippen molar-refractivity contribution < 1.29 is 4.79 Å². The fourth-order valence-electron chi connectivity index (χ4n) is 2.77. The zero-order chi connectivity index (χ0) is 19.7. The summed E-state index contributed by atoms with van der Waals surface area (Å²) in [7, 11) is 2.87. The van der Waals surface area contributed by atoms with Gasteiger partial charge in [0.25, 0.3) is 11.5 Å². The van der Waals surface area contributed by atoms with Crippen LogP contribution in [0.4, 0.5) is 5.69 Å². The maximum Gasteiger partial charge on any atom is 0.330 e. The summed E-state index contributed by atoms with van der Waals surface area (Å²) in [4.78, 5) is 36.7. The Hall–Kier alpha value is -3.42. The van der Waals surface area contributed by atoms with Gasteiger partial charge in [0, 0.05) is 26.0 Å². The van der Waals surface area contributed by atoms with E-state index in [9.17, 15) is 14.4 Å². The van der Waals surface area contributed by atoms with Crippen molar-refractivity contribution >= 4 is 11.6 Å². The zero-order valence-corrected chi connectivity index (χ0v) is 15.6. The van der Waals surface area contributed by atoms with Gasteiger partial charge in [-0.25, -0.2) is 9.48 Å². The third-order valence-electron chi connectivity index (χ3n) is 4.26. The number of rotatable bonds is 4. The van der Waals surface area contributed by atoms with Crippen molar-refractivity contribution in [1.29, 1.82) is 0 Å². The molecule has 1 aromatic carbocycles. The number of hydrogen-bond acceptors (Lipinski definition) is 4. The third-order valence-corrected chi connectivity index (χ3v) is 4.26. The molecule has 0 aliphatic heterocycles. The Kier molecular flexibility index (Phi) is 4.81. The van der Waals surface area contributed by atoms with Crippen molar-refractivity contribution in [2.75, 3.05) is 5.32 Å². The molecule has 0 fully saturated rings. The van der Waals surface area contributed by atoms with Crippen LogP contribution in [-0.4, -0.2) is 24.8 Å². The fraction of sp³-hybridized carbons (Fsp3) is 0.263. The summed E-state index contributed by atoms with van der Waals surface area (Å²) in [5, 5.41) is 6.98. The number of carbonyl (C=O) groups excluding carboxylic acids is 1. The van der Waals surface area contributed by atoms with Gasteiger partial charge in [-0.3, -0.25) is 14.2 Å². The second-order valence-corrected chi connectivity index (χ2v) is 6.61. The lowest BCUT2D eigenvalue weighted by atomic mass is 10.1. The first kappa shape index (κ1) is 18.4. The molecule has 0 spiro atoms. The molecule has 1 N–H and O–H groups in total. The number of aryl methyl sites for hydroxylation is 1. The molecule has 0 radical (unpaired) electrons. The molecule has 0 saturated heterocycles. The predicted molar refractivity (Wildman–Crippen MR) is 103 cm³/mol. The SMILES string of the molecule is CC(C)c1cc(C(=O)Nc2cn(C)c(=O)n(C)c2=O)nn1-c1ccccc1. The largest absolute Gasteiger partial charge is 0.330 e. The molecule has 3 rings (SSSR count). The summed E-state index contributed by atoms with van der Waals surface area (Å²) in [6.45, 7) is 4.03. The first-order valence-electron chi connectivity index (χ1n) is 8.53. The number of nitrogens with zero attached hydrogens (tertiary/aromatic N) is 4. The highest BCUT2D eigenvalue weighted by atomic mass is 16.2. The van der Waals surface area contributed by atoms with E-state index < -0.39 is 17.2 Å². The van der Waals surface area contributed by atoms with E-state index in [1.165, 1.54) is 24.9 Å². The van der Waals surface area contributed by atoms with Crippen molar-refractivity contribution in [3.8, 4) is 5.69 Å². The minimum atomic E-state index is -0.571. The Bertz CT molecular complexity index is 1110. The Balaban J connectivity index is 1.99. The first-order chi connectivity index (χ1) is 12.8. The van der Waals surface area contributed by atoms with E-state index in [2.05, 4.69) is 10.4 Å². The normalized spacial score (nSPS) is 11.0. The van der Waals surface area contributed by atoms with E-state index in [1.54, 1.807) is 10.7 Å². The molecule has 8 nitrogen and oxygen atoms in total. The van der Waals surface area contributed by atoms with Crippen LogP contribution in [0.3, 0.4) is 0 Å². The summed E-state index contributed by atoms with van der Waals surface area (Å²) in [5.74, 6) is -0.369. The monoisotopic (exact) mass is 367 g/mol. The number of hydrogen-bond donors (Lipinski definition) is 1. The van der Waals surface area contributed by atoms with E-state index in [1.807, 2.05) is 44.2 Å². The maximum atomic E-state index is 12.7. The van der Waals surface area contributed by atoms with Gasteiger partial charge >= 0.3 is 5.69 Å². The van der Waals surface area contributed by atoms with Gasteiger partial charge in [-0.2, -0.15) is 5.10 Å². The number of para-hydroxylation sites is 1. The van der Waals surface area contributed by atoms with Crippen molar-refractivity contribution in [3.05, 3.63) is 74.8 Å². The van der Waals surface area contributed by atoms with Crippen LogP contribution >= 0.6 is 0 Å². The molecule has 0 atom stereocenters. The molecule has 27 heavy (non-hydrogen) atoms. The average molecular weight is 367 g/mol. The summed E-state index contributed by atoms with van der Waals surface area (Å²) in [6, 6.07) is 11.2. The van der Waals surface area contributed by atoms with Gasteiger partial charge in [0.2, 0.25) is 0 Å². The summed E-state index contributed by atoms with van der Waals surface area (Å²) in [5.41, 5.74) is 0.896. The number of nitrogens with one attached hydrogen (secondary N) is 1. The van der Waals surface area contributed by atoms with Crippen LogP contribution in [-0.2, 0) is 14.1 Å². The standard InChI is InChI=1S/C19H21N5O3/c1-12(2)16-10-14(21-24(16)13-8-6-5-7-9-13)17(25)20-15-11-22(3)19(27)23(4)18(15)26/h5-12H,1-4H3,(H,20,25). The number of benzene rings is 1. The molecule has 0 aliphatic rings. The van der Waals surface area contributed by atoms with Gasteiger partial charge < -0.3 is 9.88 Å². The van der Waals surface area contributed by atoms with Gasteiger partial charge in [0.1, 0.15) is 5.69 Å². The van der Waals surface area contributed by atoms with Crippen LogP contribution in [0.2, 0.25) is 0 Å². The van der Waals surface area contributed by atoms with Crippen LogP contribution in [0.1, 0.15) is 35.9 Å². The molecule has 2 aromatic heterocycles. The number of anilines is 1. The zero-order valence-electron chi connectivity index (χ0n) is 15.6. The quantitative estimate of drug-likeness (QED) is 0.759. The lowest BCUT2D eigenvalue weighted by Gasteiger charge is -2.09. The average Bonchev–Trinajstić information content (AvgIpc) is 3.11. The van der Waals surface area contributed by atoms with Gasteiger partial charge in [-0.15, -0.1) is 0 Å². The summed E-state index contributed by atoms with van der Waals surface area (Å²) in [6.07, 6.45) is 1.31. The Morgan fingerprint density at radius 1 is 1.11 bits per heavy atom. The minimum Gasteiger partial charge on any atom is -0.315 e. The van der Waals surface area contributed by atoms with Crippen LogP contribution in [0.5, 0.6) is 0 Å². The Morgan fingerprint density at radius 2 is 1.78 bits per heavy atom. The van der Waals surface area contributed by atoms with Gasteiger partial charge in [-0.1, -0.05) is 32.0 Å². The van der Waals surface area contributed by atoms with Gasteiger partial charge in [-0.05, 0) is 24.1 Å². The second-order valence-electron chi connectivity index (χ2n) is 6.61. The molecule has 0 aliphatic carbocycles. The molecule has 8 heteroatoms. The maximum absolute atomic E-state index is 12.7. The van der Waals surface area contributed by atoms with E-state index in [4.69, 9.17) is 0 Å². The van der Waals surface area contributed by atoms with E-state index in [0.717, 1.165) is 15.9 Å². The van der Waals surface area contributed by atoms with Crippen LogP contribution in [0.25, 0.3) is 5.69 Å². The molecule has 140 valence electrons. The van der Waals surface area contributed by atoms with E-state index >= 15 is 0 Å². The van der Waals surface area contributed by atoms with Crippen molar-refractivity contribution in [2.24, 2.45) is 14.1 Å². The highest BCUT2D eigenvalue weighted by Crippen LogP contribution is 2.20. The number of aromatic nitrogens is 4. The second kappa shape index (κ2) is 7.06. The molecule has 3 aromatic rings. The van der Waals surface area contributed by atoms with E-state index in [-0.39, 0.29) is 17.3 Å². The van der Waals surface area contributed by atoms with Gasteiger partial charge in [0.15, 0.2) is 5.69 Å². The van der Waals surface area contributed by atoms with E-state index in [0.29, 0.717) is 0 Å². The molecular weight excluding hydrogens is 346 g/mol. The highest BCUT2D eigenvalue weighted by Gasteiger charge is 2.19. The van der Waals surface area contributed by atoms with Crippen molar-refractivity contribution in [1.82, 2.24) is 18.9 Å². The molecule has 0 unspecified atom stereocenters. The van der Waals surface area contributed by atoms with Crippen LogP contribution in [0, 0.1) is 0 Å². The minimum absolute atomic E-state index is 0.0185. The fourth-order valence-corrected chi connectivity index (χ4v) is 2.77. The Labute approximate surface area is 155 Å². The number of carbonyl (C=O) groups is 1. The molecule has 0 bridgehead atoms. The number of amides is 1. The molecule has 1 amide bonds. The van der Waals surface area contributed by atoms with Gasteiger partial charge in [0.05, 0.1) is 5.69 Å². The first-order valence-corrected chi connectivity index (χ1v) is 8.53. The predicted octanol–water partition coefficient (Wildman–Crippen LogP) is 1.65. The molecule has 2 heterocycles. The van der Waals surface area contributed by atoms with Crippen LogP contribution < -0.4 is 16.6 Å². The topological polar surface area (TPSA) is 90.9 Å². The van der Waals surface area contributed by atoms with Crippen LogP contribution in [0.15, 0.2) is 52.2 Å². The lowest BCUT2D eigenvalue weighted by molar-refractivity contribution is 0.102. The smallest absolute Gasteiger partial charge is 0.315 e. The summed E-state index contributed by atoms with van der Waals surface area (Å²) >= 11 is 0.